The molecule has 0 aromatic carbocycles. The molecule has 2 aliphatic rings. The molecule has 1 saturated carbocycles. The van der Waals surface area contributed by atoms with Gasteiger partial charge in [0.25, 0.3) is 0 Å². The molecule has 2 nitrogen and oxygen atoms in total. The van der Waals surface area contributed by atoms with Gasteiger partial charge in [-0.3, -0.25) is 4.79 Å². The lowest BCUT2D eigenvalue weighted by atomic mass is 9.71. The van der Waals surface area contributed by atoms with Gasteiger partial charge >= 0.3 is 0 Å². The first-order valence-electron chi connectivity index (χ1n) is 6.23. The number of halogens is 2. The minimum atomic E-state index is -0.00906. The molecule has 1 unspecified atom stereocenters. The maximum Gasteiger partial charge on any atom is 0.168 e. The van der Waals surface area contributed by atoms with E-state index in [2.05, 4.69) is 0 Å². The van der Waals surface area contributed by atoms with Crippen LogP contribution in [-0.4, -0.2) is 18.0 Å². The topological polar surface area (TPSA) is 26.3 Å². The Morgan fingerprint density at radius 1 is 1.44 bits per heavy atom. The highest BCUT2D eigenvalue weighted by Crippen LogP contribution is 2.45. The average Bonchev–Trinajstić information content (AvgIpc) is 2.66. The van der Waals surface area contributed by atoms with Crippen molar-refractivity contribution in [2.45, 2.75) is 37.7 Å². The lowest BCUT2D eigenvalue weighted by Gasteiger charge is -2.46. The van der Waals surface area contributed by atoms with E-state index in [1.165, 1.54) is 17.8 Å². The van der Waals surface area contributed by atoms with Gasteiger partial charge in [0, 0.05) is 18.1 Å². The number of hydrogen-bond acceptors (Lipinski definition) is 3. The Labute approximate surface area is 120 Å². The molecule has 0 radical (unpaired) electrons. The quantitative estimate of drug-likeness (QED) is 0.747. The Kier molecular flexibility index (Phi) is 3.43. The van der Waals surface area contributed by atoms with E-state index in [0.717, 1.165) is 25.7 Å². The molecule has 1 spiro atoms. The predicted molar refractivity (Wildman–Crippen MR) is 73.9 cm³/mol. The van der Waals surface area contributed by atoms with Crippen molar-refractivity contribution in [2.24, 2.45) is 5.92 Å². The fraction of sp³-hybridized carbons (Fsp3) is 0.615. The number of hydrogen-bond donors (Lipinski definition) is 0. The van der Waals surface area contributed by atoms with Gasteiger partial charge in [0.05, 0.1) is 9.94 Å². The zero-order valence-corrected chi connectivity index (χ0v) is 12.2. The van der Waals surface area contributed by atoms with Crippen LogP contribution in [0.15, 0.2) is 6.07 Å². The van der Waals surface area contributed by atoms with Gasteiger partial charge < -0.3 is 4.74 Å². The number of carbonyl (C=O) groups is 1. The van der Waals surface area contributed by atoms with Gasteiger partial charge in [0.1, 0.15) is 4.34 Å². The van der Waals surface area contributed by atoms with Crippen LogP contribution in [0.4, 0.5) is 0 Å². The predicted octanol–water partition coefficient (Wildman–Crippen LogP) is 4.59. The van der Waals surface area contributed by atoms with Gasteiger partial charge in [-0.05, 0) is 38.2 Å². The van der Waals surface area contributed by atoms with Crippen LogP contribution < -0.4 is 0 Å². The number of rotatable bonds is 2. The summed E-state index contributed by atoms with van der Waals surface area (Å²) < 4.78 is 6.94. The molecule has 1 aromatic rings. The van der Waals surface area contributed by atoms with Crippen molar-refractivity contribution in [3.63, 3.8) is 0 Å². The van der Waals surface area contributed by atoms with Crippen LogP contribution in [-0.2, 0) is 4.74 Å². The summed E-state index contributed by atoms with van der Waals surface area (Å²) in [5.41, 5.74) is 0.582. The van der Waals surface area contributed by atoms with Crippen LogP contribution in [0, 0.1) is 5.92 Å². The molecule has 1 aliphatic heterocycles. The molecular weight excluding hydrogens is 291 g/mol. The normalized spacial score (nSPS) is 26.0. The highest BCUT2D eigenvalue weighted by Gasteiger charge is 2.44. The summed E-state index contributed by atoms with van der Waals surface area (Å²) in [6, 6.07) is 1.69. The fourth-order valence-corrected chi connectivity index (χ4v) is 4.37. The molecule has 18 heavy (non-hydrogen) atoms. The zero-order chi connectivity index (χ0) is 12.8. The summed E-state index contributed by atoms with van der Waals surface area (Å²) in [6.45, 7) is 0.686. The highest BCUT2D eigenvalue weighted by molar-refractivity contribution is 7.20. The molecule has 2 fully saturated rings. The molecule has 0 bridgehead atoms. The van der Waals surface area contributed by atoms with Crippen LogP contribution in [0.5, 0.6) is 0 Å². The van der Waals surface area contributed by atoms with Gasteiger partial charge in [-0.15, -0.1) is 11.3 Å². The smallest absolute Gasteiger partial charge is 0.168 e. The van der Waals surface area contributed by atoms with Crippen molar-refractivity contribution in [3.8, 4) is 0 Å². The molecule has 2 heterocycles. The average molecular weight is 305 g/mol. The van der Waals surface area contributed by atoms with Crippen molar-refractivity contribution < 1.29 is 9.53 Å². The van der Waals surface area contributed by atoms with Crippen LogP contribution >= 0.6 is 34.5 Å². The second-order valence-electron chi connectivity index (χ2n) is 5.18. The standard InChI is InChI=1S/C13H14Cl2O2S/c14-10-6-9(12(15)18-10)11(16)8-2-5-17-13(7-8)3-1-4-13/h6,8H,1-5,7H2. The Morgan fingerprint density at radius 3 is 2.78 bits per heavy atom. The van der Waals surface area contributed by atoms with Gasteiger partial charge in [0.2, 0.25) is 0 Å². The third kappa shape index (κ3) is 2.22. The molecule has 1 saturated heterocycles. The Balaban J connectivity index is 1.78. The maximum absolute atomic E-state index is 12.5. The van der Waals surface area contributed by atoms with Crippen molar-refractivity contribution in [3.05, 3.63) is 20.3 Å². The van der Waals surface area contributed by atoms with Crippen molar-refractivity contribution >= 4 is 40.3 Å². The van der Waals surface area contributed by atoms with E-state index < -0.39 is 0 Å². The first-order valence-corrected chi connectivity index (χ1v) is 7.80. The summed E-state index contributed by atoms with van der Waals surface area (Å²) in [7, 11) is 0. The van der Waals surface area contributed by atoms with Gasteiger partial charge in [-0.1, -0.05) is 23.2 Å². The fourth-order valence-electron chi connectivity index (χ4n) is 2.90. The van der Waals surface area contributed by atoms with E-state index in [-0.39, 0.29) is 17.3 Å². The van der Waals surface area contributed by atoms with Gasteiger partial charge in [-0.25, -0.2) is 0 Å². The Hall–Kier alpha value is -0.0900. The highest BCUT2D eigenvalue weighted by atomic mass is 35.5. The lowest BCUT2D eigenvalue weighted by molar-refractivity contribution is -0.137. The van der Waals surface area contributed by atoms with E-state index in [0.29, 0.717) is 20.8 Å². The molecule has 1 atom stereocenters. The molecule has 0 amide bonds. The summed E-state index contributed by atoms with van der Waals surface area (Å²) in [6.07, 6.45) is 5.04. The first-order chi connectivity index (χ1) is 8.60. The van der Waals surface area contributed by atoms with Crippen LogP contribution in [0.3, 0.4) is 0 Å². The maximum atomic E-state index is 12.5. The van der Waals surface area contributed by atoms with Crippen LogP contribution in [0.2, 0.25) is 8.67 Å². The second-order valence-corrected chi connectivity index (χ2v) is 7.46. The summed E-state index contributed by atoms with van der Waals surface area (Å²) >= 11 is 13.2. The van der Waals surface area contributed by atoms with Gasteiger partial charge in [0.15, 0.2) is 5.78 Å². The summed E-state index contributed by atoms with van der Waals surface area (Å²) in [5.74, 6) is 0.181. The zero-order valence-electron chi connectivity index (χ0n) is 9.88. The first kappa shape index (κ1) is 12.9. The van der Waals surface area contributed by atoms with E-state index in [1.807, 2.05) is 0 Å². The third-order valence-electron chi connectivity index (χ3n) is 4.05. The third-order valence-corrected chi connectivity index (χ3v) is 5.54. The van der Waals surface area contributed by atoms with Crippen LogP contribution in [0.25, 0.3) is 0 Å². The Morgan fingerprint density at radius 2 is 2.22 bits per heavy atom. The van der Waals surface area contributed by atoms with E-state index in [1.54, 1.807) is 6.07 Å². The Bertz CT molecular complexity index is 479. The molecule has 0 N–H and O–H groups in total. The SMILES string of the molecule is O=C(c1cc(Cl)sc1Cl)C1CCOC2(CCC2)C1. The molecule has 1 aromatic heterocycles. The largest absolute Gasteiger partial charge is 0.375 e. The van der Waals surface area contributed by atoms with E-state index in [9.17, 15) is 4.79 Å². The summed E-state index contributed by atoms with van der Waals surface area (Å²) in [5, 5.41) is 0. The molecular formula is C13H14Cl2O2S. The number of ether oxygens (including phenoxy) is 1. The molecule has 1 aliphatic carbocycles. The van der Waals surface area contributed by atoms with Crippen molar-refractivity contribution in [2.75, 3.05) is 6.61 Å². The molecule has 98 valence electrons. The van der Waals surface area contributed by atoms with Crippen molar-refractivity contribution in [1.29, 1.82) is 0 Å². The van der Waals surface area contributed by atoms with Crippen LogP contribution in [0.1, 0.15) is 42.5 Å². The van der Waals surface area contributed by atoms with E-state index in [4.69, 9.17) is 27.9 Å². The molecule has 3 rings (SSSR count). The monoisotopic (exact) mass is 304 g/mol. The number of thiophene rings is 1. The van der Waals surface area contributed by atoms with Crippen molar-refractivity contribution in [1.82, 2.24) is 0 Å². The van der Waals surface area contributed by atoms with Gasteiger partial charge in [-0.2, -0.15) is 0 Å². The molecule has 5 heteroatoms. The minimum absolute atomic E-state index is 0.00906. The minimum Gasteiger partial charge on any atom is -0.375 e. The number of Topliss-reactive ketones (excluding diaryl/α,β-unsaturated/α-hetero) is 1. The lowest BCUT2D eigenvalue weighted by Crippen LogP contribution is -2.47. The number of ketones is 1. The summed E-state index contributed by atoms with van der Waals surface area (Å²) in [4.78, 5) is 12.5. The van der Waals surface area contributed by atoms with E-state index >= 15 is 0 Å². The second kappa shape index (κ2) is 4.78. The number of carbonyl (C=O) groups excluding carboxylic acids is 1.